The quantitative estimate of drug-likeness (QED) is 0.718. The Bertz CT molecular complexity index is 922. The van der Waals surface area contributed by atoms with Gasteiger partial charge in [0.2, 0.25) is 0 Å². The largest absolute Gasteiger partial charge is 0.353 e. The average Bonchev–Trinajstić information content (AvgIpc) is 2.75. The van der Waals surface area contributed by atoms with Crippen molar-refractivity contribution in [1.82, 2.24) is 14.9 Å². The number of carbonyl (C=O) groups is 1. The zero-order valence-electron chi connectivity index (χ0n) is 14.8. The molecule has 136 valence electrons. The SMILES string of the molecule is O=C(c1ccccc1)N1CCN(c2cc(-c3ccc(F)cc3)ncn2)CC1. The zero-order valence-corrected chi connectivity index (χ0v) is 14.8. The van der Waals surface area contributed by atoms with E-state index >= 15 is 0 Å². The number of rotatable bonds is 3. The average molecular weight is 362 g/mol. The predicted molar refractivity (Wildman–Crippen MR) is 102 cm³/mol. The fourth-order valence-corrected chi connectivity index (χ4v) is 3.20. The van der Waals surface area contributed by atoms with E-state index in [-0.39, 0.29) is 11.7 Å². The lowest BCUT2D eigenvalue weighted by Gasteiger charge is -2.35. The van der Waals surface area contributed by atoms with E-state index in [4.69, 9.17) is 0 Å². The Hall–Kier alpha value is -3.28. The van der Waals surface area contributed by atoms with Crippen molar-refractivity contribution in [2.75, 3.05) is 31.1 Å². The molecule has 1 amide bonds. The normalized spacial score (nSPS) is 14.3. The lowest BCUT2D eigenvalue weighted by molar-refractivity contribution is 0.0746. The molecule has 3 aromatic rings. The molecule has 4 rings (SSSR count). The van der Waals surface area contributed by atoms with Crippen LogP contribution in [-0.4, -0.2) is 47.0 Å². The van der Waals surface area contributed by atoms with Crippen LogP contribution in [0.3, 0.4) is 0 Å². The van der Waals surface area contributed by atoms with Crippen molar-refractivity contribution < 1.29 is 9.18 Å². The Kier molecular flexibility index (Phi) is 4.78. The van der Waals surface area contributed by atoms with Crippen LogP contribution in [0.25, 0.3) is 11.3 Å². The Morgan fingerprint density at radius 1 is 0.889 bits per heavy atom. The second-order valence-electron chi connectivity index (χ2n) is 6.41. The monoisotopic (exact) mass is 362 g/mol. The molecule has 0 aliphatic carbocycles. The van der Waals surface area contributed by atoms with Crippen LogP contribution in [0.5, 0.6) is 0 Å². The van der Waals surface area contributed by atoms with Gasteiger partial charge < -0.3 is 9.80 Å². The standard InChI is InChI=1S/C21H19FN4O/c22-18-8-6-16(7-9-18)19-14-20(24-15-23-19)25-10-12-26(13-11-25)21(27)17-4-2-1-3-5-17/h1-9,14-15H,10-13H2. The first kappa shape index (κ1) is 17.1. The van der Waals surface area contributed by atoms with E-state index in [9.17, 15) is 9.18 Å². The minimum absolute atomic E-state index is 0.0601. The van der Waals surface area contributed by atoms with Gasteiger partial charge in [-0.15, -0.1) is 0 Å². The molecule has 6 heteroatoms. The Morgan fingerprint density at radius 2 is 1.59 bits per heavy atom. The molecule has 1 aliphatic rings. The predicted octanol–water partition coefficient (Wildman–Crippen LogP) is 3.25. The highest BCUT2D eigenvalue weighted by Crippen LogP contribution is 2.22. The van der Waals surface area contributed by atoms with Gasteiger partial charge in [-0.3, -0.25) is 4.79 Å². The summed E-state index contributed by atoms with van der Waals surface area (Å²) in [4.78, 5) is 25.2. The summed E-state index contributed by atoms with van der Waals surface area (Å²) in [5, 5.41) is 0. The Balaban J connectivity index is 1.45. The fourth-order valence-electron chi connectivity index (χ4n) is 3.20. The van der Waals surface area contributed by atoms with Gasteiger partial charge in [0.1, 0.15) is 18.0 Å². The number of anilines is 1. The number of aromatic nitrogens is 2. The molecule has 0 saturated carbocycles. The second-order valence-corrected chi connectivity index (χ2v) is 6.41. The molecule has 2 heterocycles. The van der Waals surface area contributed by atoms with Crippen LogP contribution in [-0.2, 0) is 0 Å². The first-order chi connectivity index (χ1) is 13.2. The van der Waals surface area contributed by atoms with Crippen molar-refractivity contribution in [3.8, 4) is 11.3 Å². The lowest BCUT2D eigenvalue weighted by Crippen LogP contribution is -2.49. The summed E-state index contributed by atoms with van der Waals surface area (Å²) in [5.41, 5.74) is 2.31. The van der Waals surface area contributed by atoms with Gasteiger partial charge in [0.25, 0.3) is 5.91 Å². The molecule has 1 fully saturated rings. The molecular formula is C21H19FN4O. The first-order valence-corrected chi connectivity index (χ1v) is 8.88. The van der Waals surface area contributed by atoms with Crippen LogP contribution in [0.15, 0.2) is 67.0 Å². The maximum absolute atomic E-state index is 13.1. The summed E-state index contributed by atoms with van der Waals surface area (Å²) in [5.74, 6) is 0.605. The topological polar surface area (TPSA) is 49.3 Å². The second kappa shape index (κ2) is 7.53. The summed E-state index contributed by atoms with van der Waals surface area (Å²) in [6.45, 7) is 2.70. The van der Waals surface area contributed by atoms with E-state index in [1.54, 1.807) is 12.1 Å². The van der Waals surface area contributed by atoms with Gasteiger partial charge in [-0.05, 0) is 36.4 Å². The van der Waals surface area contributed by atoms with E-state index < -0.39 is 0 Å². The highest BCUT2D eigenvalue weighted by atomic mass is 19.1. The Morgan fingerprint density at radius 3 is 2.30 bits per heavy atom. The molecule has 1 saturated heterocycles. The van der Waals surface area contributed by atoms with Crippen molar-refractivity contribution >= 4 is 11.7 Å². The maximum Gasteiger partial charge on any atom is 0.253 e. The van der Waals surface area contributed by atoms with Crippen molar-refractivity contribution in [2.24, 2.45) is 0 Å². The summed E-state index contributed by atoms with van der Waals surface area (Å²) in [6, 6.07) is 17.5. The van der Waals surface area contributed by atoms with Crippen molar-refractivity contribution in [1.29, 1.82) is 0 Å². The van der Waals surface area contributed by atoms with Gasteiger partial charge in [-0.2, -0.15) is 0 Å². The Labute approximate surface area is 157 Å². The smallest absolute Gasteiger partial charge is 0.253 e. The number of hydrogen-bond donors (Lipinski definition) is 0. The summed E-state index contributed by atoms with van der Waals surface area (Å²) in [7, 11) is 0. The third-order valence-corrected chi connectivity index (χ3v) is 4.70. The van der Waals surface area contributed by atoms with Crippen LogP contribution in [0.1, 0.15) is 10.4 Å². The zero-order chi connectivity index (χ0) is 18.6. The maximum atomic E-state index is 13.1. The van der Waals surface area contributed by atoms with Crippen LogP contribution in [0, 0.1) is 5.82 Å². The number of benzene rings is 2. The number of carbonyl (C=O) groups excluding carboxylic acids is 1. The molecule has 2 aromatic carbocycles. The number of nitrogens with zero attached hydrogens (tertiary/aromatic N) is 4. The number of halogens is 1. The highest BCUT2D eigenvalue weighted by molar-refractivity contribution is 5.94. The first-order valence-electron chi connectivity index (χ1n) is 8.88. The molecule has 0 atom stereocenters. The van der Waals surface area contributed by atoms with Gasteiger partial charge in [0, 0.05) is 43.4 Å². The number of hydrogen-bond acceptors (Lipinski definition) is 4. The molecule has 0 radical (unpaired) electrons. The van der Waals surface area contributed by atoms with Crippen LogP contribution in [0.2, 0.25) is 0 Å². The van der Waals surface area contributed by atoms with Crippen LogP contribution in [0.4, 0.5) is 10.2 Å². The van der Waals surface area contributed by atoms with E-state index in [0.29, 0.717) is 31.7 Å². The number of piperazine rings is 1. The van der Waals surface area contributed by atoms with Gasteiger partial charge >= 0.3 is 0 Å². The van der Waals surface area contributed by atoms with E-state index in [0.717, 1.165) is 17.1 Å². The van der Waals surface area contributed by atoms with E-state index in [1.807, 2.05) is 41.3 Å². The minimum atomic E-state index is -0.271. The van der Waals surface area contributed by atoms with Gasteiger partial charge in [-0.25, -0.2) is 14.4 Å². The van der Waals surface area contributed by atoms with Crippen LogP contribution < -0.4 is 4.90 Å². The van der Waals surface area contributed by atoms with Gasteiger partial charge in [0.15, 0.2) is 0 Å². The van der Waals surface area contributed by atoms with E-state index in [2.05, 4.69) is 14.9 Å². The highest BCUT2D eigenvalue weighted by Gasteiger charge is 2.23. The molecule has 1 aliphatic heterocycles. The number of amides is 1. The molecule has 0 unspecified atom stereocenters. The van der Waals surface area contributed by atoms with E-state index in [1.165, 1.54) is 18.5 Å². The molecule has 5 nitrogen and oxygen atoms in total. The third kappa shape index (κ3) is 3.79. The third-order valence-electron chi connectivity index (χ3n) is 4.70. The van der Waals surface area contributed by atoms with Crippen molar-refractivity contribution in [2.45, 2.75) is 0 Å². The summed E-state index contributed by atoms with van der Waals surface area (Å²) >= 11 is 0. The molecular weight excluding hydrogens is 343 g/mol. The molecule has 0 spiro atoms. The van der Waals surface area contributed by atoms with Crippen molar-refractivity contribution in [3.05, 3.63) is 78.4 Å². The summed E-state index contributed by atoms with van der Waals surface area (Å²) in [6.07, 6.45) is 1.52. The van der Waals surface area contributed by atoms with Gasteiger partial charge in [0.05, 0.1) is 5.69 Å². The van der Waals surface area contributed by atoms with Crippen molar-refractivity contribution in [3.63, 3.8) is 0 Å². The molecule has 0 N–H and O–H groups in total. The molecule has 27 heavy (non-hydrogen) atoms. The minimum Gasteiger partial charge on any atom is -0.353 e. The molecule has 0 bridgehead atoms. The fraction of sp³-hybridized carbons (Fsp3) is 0.190. The van der Waals surface area contributed by atoms with Gasteiger partial charge in [-0.1, -0.05) is 18.2 Å². The lowest BCUT2D eigenvalue weighted by atomic mass is 10.1. The summed E-state index contributed by atoms with van der Waals surface area (Å²) < 4.78 is 13.1. The molecule has 1 aromatic heterocycles. The van der Waals surface area contributed by atoms with Crippen LogP contribution >= 0.6 is 0 Å².